The van der Waals surface area contributed by atoms with Crippen molar-refractivity contribution in [3.8, 4) is 23.8 Å². The Balaban J connectivity index is 0.000000209. The molecule has 28 heavy (non-hydrogen) atoms. The number of hydrogen-bond acceptors (Lipinski definition) is 4. The number of pyridine rings is 1. The topological polar surface area (TPSA) is 74.4 Å². The summed E-state index contributed by atoms with van der Waals surface area (Å²) in [6.07, 6.45) is 13.4. The molecule has 0 aliphatic heterocycles. The number of nitrogens with two attached hydrogens (primary N) is 1. The number of carbonyl (C=O) groups excluding carboxylic acids is 1. The third-order valence-corrected chi connectivity index (χ3v) is 4.88. The molecule has 2 aromatic rings. The first-order valence-corrected chi connectivity index (χ1v) is 9.57. The number of hydrogen-bond donors (Lipinski definition) is 1. The fourth-order valence-corrected chi connectivity index (χ4v) is 3.32. The third kappa shape index (κ3) is 6.33. The zero-order valence-corrected chi connectivity index (χ0v) is 17.1. The molecule has 148 valence electrons. The van der Waals surface area contributed by atoms with Crippen LogP contribution >= 0.6 is 23.2 Å². The summed E-state index contributed by atoms with van der Waals surface area (Å²) in [6, 6.07) is 5.61. The largest absolute Gasteiger partial charge is 0.493 e. The normalized spacial score (nSPS) is 13.2. The van der Waals surface area contributed by atoms with Crippen molar-refractivity contribution >= 4 is 29.1 Å². The van der Waals surface area contributed by atoms with Crippen LogP contribution in [0.4, 0.5) is 0 Å². The fourth-order valence-electron chi connectivity index (χ4n) is 2.82. The van der Waals surface area contributed by atoms with Crippen molar-refractivity contribution in [3.05, 3.63) is 51.8 Å². The number of terminal acetylenes is 1. The Morgan fingerprint density at radius 2 is 1.89 bits per heavy atom. The molecule has 1 fully saturated rings. The first-order valence-electron chi connectivity index (χ1n) is 8.82. The fraction of sp³-hybridized carbons (Fsp3) is 0.333. The van der Waals surface area contributed by atoms with Gasteiger partial charge >= 0.3 is 0 Å². The van der Waals surface area contributed by atoms with Gasteiger partial charge in [0.25, 0.3) is 0 Å². The average Bonchev–Trinajstić information content (AvgIpc) is 3.18. The van der Waals surface area contributed by atoms with Crippen LogP contribution < -0.4 is 15.2 Å². The summed E-state index contributed by atoms with van der Waals surface area (Å²) in [5.41, 5.74) is 6.33. The predicted octanol–water partition coefficient (Wildman–Crippen LogP) is 4.41. The molecule has 1 aromatic carbocycles. The number of halogens is 2. The lowest BCUT2D eigenvalue weighted by atomic mass is 10.2. The molecule has 7 heteroatoms. The number of aromatic nitrogens is 1. The van der Waals surface area contributed by atoms with Crippen molar-refractivity contribution in [3.63, 3.8) is 0 Å². The molecule has 0 unspecified atom stereocenters. The molecule has 1 aliphatic carbocycles. The highest BCUT2D eigenvalue weighted by atomic mass is 35.5. The Kier molecular flexibility index (Phi) is 8.43. The summed E-state index contributed by atoms with van der Waals surface area (Å²) < 4.78 is 11.2. The Bertz CT molecular complexity index is 839. The molecule has 1 heterocycles. The lowest BCUT2D eigenvalue weighted by Gasteiger charge is -2.15. The minimum Gasteiger partial charge on any atom is -0.493 e. The van der Waals surface area contributed by atoms with E-state index in [1.54, 1.807) is 7.11 Å². The molecule has 0 saturated heterocycles. The molecule has 0 atom stereocenters. The minimum absolute atomic E-state index is 0.0419. The van der Waals surface area contributed by atoms with Gasteiger partial charge < -0.3 is 15.2 Å². The van der Waals surface area contributed by atoms with Crippen LogP contribution in [0.1, 0.15) is 36.8 Å². The van der Waals surface area contributed by atoms with Crippen LogP contribution in [0.5, 0.6) is 11.5 Å². The summed E-state index contributed by atoms with van der Waals surface area (Å²) in [7, 11) is 1.64. The van der Waals surface area contributed by atoms with E-state index in [0.29, 0.717) is 21.7 Å². The number of benzene rings is 1. The van der Waals surface area contributed by atoms with E-state index in [1.165, 1.54) is 25.2 Å². The van der Waals surface area contributed by atoms with E-state index < -0.39 is 5.91 Å². The van der Waals surface area contributed by atoms with Gasteiger partial charge in [-0.15, -0.1) is 6.42 Å². The molecular weight excluding hydrogens is 399 g/mol. The second-order valence-corrected chi connectivity index (χ2v) is 7.07. The Labute approximate surface area is 175 Å². The lowest BCUT2D eigenvalue weighted by molar-refractivity contribution is -0.117. The van der Waals surface area contributed by atoms with Crippen LogP contribution in [0.2, 0.25) is 10.0 Å². The number of methoxy groups -OCH3 is 1. The van der Waals surface area contributed by atoms with Crippen molar-refractivity contribution in [2.24, 2.45) is 5.73 Å². The van der Waals surface area contributed by atoms with Gasteiger partial charge in [-0.2, -0.15) is 0 Å². The van der Waals surface area contributed by atoms with Crippen LogP contribution in [0.25, 0.3) is 0 Å². The number of carbonyl (C=O) groups is 1. The molecule has 2 N–H and O–H groups in total. The maximum Gasteiger partial charge on any atom is 0.221 e. The Morgan fingerprint density at radius 3 is 2.43 bits per heavy atom. The van der Waals surface area contributed by atoms with E-state index in [0.717, 1.165) is 29.9 Å². The molecular formula is C21H22Cl2N2O3. The molecule has 1 amide bonds. The van der Waals surface area contributed by atoms with Gasteiger partial charge in [-0.25, -0.2) is 0 Å². The highest BCUT2D eigenvalue weighted by molar-refractivity contribution is 6.36. The SMILES string of the molecule is C#Cc1ccc(OC2CCCC2)c(OC)c1.NC(=O)Cc1c(Cl)cncc1Cl. The highest BCUT2D eigenvalue weighted by Gasteiger charge is 2.18. The van der Waals surface area contributed by atoms with Gasteiger partial charge in [-0.1, -0.05) is 29.1 Å². The monoisotopic (exact) mass is 420 g/mol. The maximum atomic E-state index is 10.6. The van der Waals surface area contributed by atoms with Gasteiger partial charge in [0.2, 0.25) is 5.91 Å². The zero-order chi connectivity index (χ0) is 20.5. The number of nitrogens with zero attached hydrogens (tertiary/aromatic N) is 1. The van der Waals surface area contributed by atoms with Crippen molar-refractivity contribution in [1.82, 2.24) is 4.98 Å². The molecule has 0 radical (unpaired) electrons. The van der Waals surface area contributed by atoms with E-state index in [-0.39, 0.29) is 6.42 Å². The third-order valence-electron chi connectivity index (χ3n) is 4.23. The van der Waals surface area contributed by atoms with Gasteiger partial charge in [0, 0.05) is 23.5 Å². The summed E-state index contributed by atoms with van der Waals surface area (Å²) in [5, 5.41) is 0.725. The van der Waals surface area contributed by atoms with Crippen molar-refractivity contribution in [2.45, 2.75) is 38.2 Å². The van der Waals surface area contributed by atoms with E-state index in [9.17, 15) is 4.79 Å². The van der Waals surface area contributed by atoms with E-state index in [2.05, 4.69) is 10.9 Å². The van der Waals surface area contributed by atoms with E-state index in [4.69, 9.17) is 44.8 Å². The van der Waals surface area contributed by atoms with Crippen molar-refractivity contribution in [2.75, 3.05) is 7.11 Å². The van der Waals surface area contributed by atoms with Crippen LogP contribution in [-0.2, 0) is 11.2 Å². The van der Waals surface area contributed by atoms with Crippen LogP contribution in [-0.4, -0.2) is 24.1 Å². The molecule has 0 bridgehead atoms. The summed E-state index contributed by atoms with van der Waals surface area (Å²) in [5.74, 6) is 3.64. The summed E-state index contributed by atoms with van der Waals surface area (Å²) in [6.45, 7) is 0. The lowest BCUT2D eigenvalue weighted by Crippen LogP contribution is -2.14. The predicted molar refractivity (Wildman–Crippen MR) is 111 cm³/mol. The van der Waals surface area contributed by atoms with Crippen LogP contribution in [0.15, 0.2) is 30.6 Å². The van der Waals surface area contributed by atoms with Crippen LogP contribution in [0, 0.1) is 12.3 Å². The first-order chi connectivity index (χ1) is 13.4. The Morgan fingerprint density at radius 1 is 1.25 bits per heavy atom. The first kappa shape index (κ1) is 21.9. The Hall–Kier alpha value is -2.42. The van der Waals surface area contributed by atoms with Crippen LogP contribution in [0.3, 0.4) is 0 Å². The molecule has 0 spiro atoms. The second-order valence-electron chi connectivity index (χ2n) is 6.26. The number of ether oxygens (including phenoxy) is 2. The number of amides is 1. The second kappa shape index (κ2) is 10.8. The van der Waals surface area contributed by atoms with Gasteiger partial charge in [0.05, 0.1) is 29.7 Å². The average molecular weight is 421 g/mol. The maximum absolute atomic E-state index is 10.6. The standard InChI is InChI=1S/C14H16O2.C7H6Cl2N2O/c1-3-11-8-9-13(14(10-11)15-2)16-12-6-4-5-7-12;8-5-2-11-3-6(9)4(5)1-7(10)12/h1,8-10,12H,4-7H2,2H3;2-3H,1H2,(H2,10,12). The molecule has 1 aliphatic rings. The zero-order valence-electron chi connectivity index (χ0n) is 15.6. The van der Waals surface area contributed by atoms with Gasteiger partial charge in [-0.3, -0.25) is 9.78 Å². The van der Waals surface area contributed by atoms with Crippen molar-refractivity contribution in [1.29, 1.82) is 0 Å². The van der Waals surface area contributed by atoms with E-state index >= 15 is 0 Å². The minimum atomic E-state index is -0.468. The molecule has 5 nitrogen and oxygen atoms in total. The number of rotatable bonds is 5. The summed E-state index contributed by atoms with van der Waals surface area (Å²) >= 11 is 11.4. The van der Waals surface area contributed by atoms with Gasteiger partial charge in [0.1, 0.15) is 0 Å². The quantitative estimate of drug-likeness (QED) is 0.726. The molecule has 3 rings (SSSR count). The number of primary amides is 1. The van der Waals surface area contributed by atoms with Crippen molar-refractivity contribution < 1.29 is 14.3 Å². The van der Waals surface area contributed by atoms with Gasteiger partial charge in [-0.05, 0) is 43.9 Å². The van der Waals surface area contributed by atoms with E-state index in [1.807, 2.05) is 18.2 Å². The van der Waals surface area contributed by atoms with Gasteiger partial charge in [0.15, 0.2) is 11.5 Å². The summed E-state index contributed by atoms with van der Waals surface area (Å²) in [4.78, 5) is 14.3. The molecule has 1 saturated carbocycles. The molecule has 1 aromatic heterocycles. The highest BCUT2D eigenvalue weighted by Crippen LogP contribution is 2.32. The smallest absolute Gasteiger partial charge is 0.221 e.